The third-order valence-corrected chi connectivity index (χ3v) is 6.65. The highest BCUT2D eigenvalue weighted by Gasteiger charge is 2.49. The molecule has 3 nitrogen and oxygen atoms in total. The standard InChI is InChI=1S/C18H26N2OS/c1-17(2,3)14-9-11-18(12-10-14)20(16(21)13-22-18)19-15-7-5-4-6-8-15/h4-8,14,19H,9-13H2,1-3H3. The Balaban J connectivity index is 1.74. The SMILES string of the molecule is CC(C)(C)C1CCC2(CC1)SCC(=O)N2Nc1ccccc1. The molecule has 1 aliphatic carbocycles. The van der Waals surface area contributed by atoms with Crippen molar-refractivity contribution in [3.05, 3.63) is 30.3 Å². The molecule has 0 aromatic heterocycles. The molecule has 1 aliphatic heterocycles. The summed E-state index contributed by atoms with van der Waals surface area (Å²) in [6.45, 7) is 7.01. The van der Waals surface area contributed by atoms with Gasteiger partial charge in [0.05, 0.1) is 11.4 Å². The molecule has 4 heteroatoms. The number of thioether (sulfide) groups is 1. The lowest BCUT2D eigenvalue weighted by Crippen LogP contribution is -2.50. The van der Waals surface area contributed by atoms with E-state index in [9.17, 15) is 4.79 Å². The van der Waals surface area contributed by atoms with E-state index < -0.39 is 0 Å². The molecule has 0 unspecified atom stereocenters. The van der Waals surface area contributed by atoms with Crippen molar-refractivity contribution in [3.63, 3.8) is 0 Å². The number of rotatable bonds is 2. The molecule has 1 N–H and O–H groups in total. The normalized spacial score (nSPS) is 29.1. The number of hydrogen-bond donors (Lipinski definition) is 1. The van der Waals surface area contributed by atoms with Crippen LogP contribution in [0.2, 0.25) is 0 Å². The predicted molar refractivity (Wildman–Crippen MR) is 93.5 cm³/mol. The number of para-hydroxylation sites is 1. The summed E-state index contributed by atoms with van der Waals surface area (Å²) < 4.78 is 0. The van der Waals surface area contributed by atoms with E-state index >= 15 is 0 Å². The molecule has 1 aromatic rings. The Morgan fingerprint density at radius 2 is 1.82 bits per heavy atom. The zero-order valence-electron chi connectivity index (χ0n) is 13.8. The zero-order valence-corrected chi connectivity index (χ0v) is 14.6. The first-order valence-corrected chi connectivity index (χ1v) is 9.18. The average Bonchev–Trinajstić information content (AvgIpc) is 2.78. The Bertz CT molecular complexity index is 530. The fraction of sp³-hybridized carbons (Fsp3) is 0.611. The van der Waals surface area contributed by atoms with E-state index in [1.165, 1.54) is 12.8 Å². The summed E-state index contributed by atoms with van der Waals surface area (Å²) in [5, 5.41) is 1.92. The van der Waals surface area contributed by atoms with Crippen molar-refractivity contribution in [2.24, 2.45) is 11.3 Å². The van der Waals surface area contributed by atoms with Crippen LogP contribution in [0.1, 0.15) is 46.5 Å². The van der Waals surface area contributed by atoms with E-state index in [-0.39, 0.29) is 10.8 Å². The average molecular weight is 318 g/mol. The van der Waals surface area contributed by atoms with Crippen molar-refractivity contribution < 1.29 is 4.79 Å². The highest BCUT2D eigenvalue weighted by molar-refractivity contribution is 8.01. The molecule has 0 bridgehead atoms. The molecule has 2 aliphatic rings. The van der Waals surface area contributed by atoms with Crippen LogP contribution in [0, 0.1) is 11.3 Å². The number of nitrogens with zero attached hydrogens (tertiary/aromatic N) is 1. The predicted octanol–water partition coefficient (Wildman–Crippen LogP) is 4.52. The van der Waals surface area contributed by atoms with Gasteiger partial charge in [-0.05, 0) is 49.1 Å². The van der Waals surface area contributed by atoms with Crippen molar-refractivity contribution in [1.82, 2.24) is 5.01 Å². The van der Waals surface area contributed by atoms with Gasteiger partial charge < -0.3 is 0 Å². The summed E-state index contributed by atoms with van der Waals surface area (Å²) in [5.41, 5.74) is 4.73. The molecule has 120 valence electrons. The summed E-state index contributed by atoms with van der Waals surface area (Å²) in [4.78, 5) is 12.3. The Hall–Kier alpha value is -1.16. The van der Waals surface area contributed by atoms with E-state index in [0.717, 1.165) is 24.4 Å². The molecule has 1 aromatic carbocycles. The first-order valence-electron chi connectivity index (χ1n) is 8.19. The van der Waals surface area contributed by atoms with Gasteiger partial charge in [-0.1, -0.05) is 39.0 Å². The van der Waals surface area contributed by atoms with Gasteiger partial charge in [0.15, 0.2) is 0 Å². The minimum absolute atomic E-state index is 0.0469. The van der Waals surface area contributed by atoms with E-state index in [1.54, 1.807) is 0 Å². The topological polar surface area (TPSA) is 32.3 Å². The second kappa shape index (κ2) is 5.80. The number of benzene rings is 1. The lowest BCUT2D eigenvalue weighted by Gasteiger charge is -2.45. The lowest BCUT2D eigenvalue weighted by molar-refractivity contribution is -0.129. The van der Waals surface area contributed by atoms with Crippen LogP contribution in [-0.2, 0) is 4.79 Å². The largest absolute Gasteiger partial charge is 0.295 e. The van der Waals surface area contributed by atoms with Gasteiger partial charge in [-0.15, -0.1) is 11.8 Å². The maximum Gasteiger partial charge on any atom is 0.252 e. The van der Waals surface area contributed by atoms with Crippen molar-refractivity contribution in [3.8, 4) is 0 Å². The fourth-order valence-corrected chi connectivity index (χ4v) is 4.98. The number of carbonyl (C=O) groups excluding carboxylic acids is 1. The van der Waals surface area contributed by atoms with Gasteiger partial charge in [0, 0.05) is 0 Å². The van der Waals surface area contributed by atoms with Crippen LogP contribution >= 0.6 is 11.8 Å². The number of carbonyl (C=O) groups is 1. The number of hydrogen-bond acceptors (Lipinski definition) is 3. The Kier molecular flexibility index (Phi) is 4.15. The molecule has 0 atom stereocenters. The summed E-state index contributed by atoms with van der Waals surface area (Å²) in [6.07, 6.45) is 4.59. The van der Waals surface area contributed by atoms with Crippen molar-refractivity contribution in [2.75, 3.05) is 11.2 Å². The fourth-order valence-electron chi connectivity index (χ4n) is 3.66. The quantitative estimate of drug-likeness (QED) is 0.870. The molecular formula is C18H26N2OS. The van der Waals surface area contributed by atoms with Crippen LogP contribution < -0.4 is 5.43 Å². The second-order valence-corrected chi connectivity index (χ2v) is 8.92. The van der Waals surface area contributed by atoms with Crippen LogP contribution in [0.3, 0.4) is 0 Å². The van der Waals surface area contributed by atoms with Crippen molar-refractivity contribution >= 4 is 23.4 Å². The van der Waals surface area contributed by atoms with Crippen molar-refractivity contribution in [1.29, 1.82) is 0 Å². The van der Waals surface area contributed by atoms with Gasteiger partial charge in [0.1, 0.15) is 4.87 Å². The molecule has 1 saturated heterocycles. The summed E-state index contributed by atoms with van der Waals surface area (Å²) >= 11 is 1.83. The van der Waals surface area contributed by atoms with Gasteiger partial charge in [-0.3, -0.25) is 10.2 Å². The molecule has 1 amide bonds. The number of anilines is 1. The van der Waals surface area contributed by atoms with Gasteiger partial charge in [-0.25, -0.2) is 5.01 Å². The van der Waals surface area contributed by atoms with Gasteiger partial charge in [0.2, 0.25) is 0 Å². The van der Waals surface area contributed by atoms with Gasteiger partial charge in [-0.2, -0.15) is 0 Å². The molecule has 22 heavy (non-hydrogen) atoms. The second-order valence-electron chi connectivity index (χ2n) is 7.58. The lowest BCUT2D eigenvalue weighted by atomic mass is 9.71. The van der Waals surface area contributed by atoms with E-state index in [2.05, 4.69) is 26.2 Å². The first kappa shape index (κ1) is 15.7. The van der Waals surface area contributed by atoms with Crippen LogP contribution in [0.5, 0.6) is 0 Å². The Labute approximate surface area is 137 Å². The third-order valence-electron chi connectivity index (χ3n) is 5.13. The number of hydrazine groups is 1. The van der Waals surface area contributed by atoms with Crippen LogP contribution in [-0.4, -0.2) is 21.5 Å². The molecule has 1 heterocycles. The minimum atomic E-state index is -0.0469. The third kappa shape index (κ3) is 2.98. The van der Waals surface area contributed by atoms with Gasteiger partial charge in [0.25, 0.3) is 5.91 Å². The molecule has 1 saturated carbocycles. The van der Waals surface area contributed by atoms with E-state index in [4.69, 9.17) is 0 Å². The van der Waals surface area contributed by atoms with E-state index in [1.807, 2.05) is 47.1 Å². The monoisotopic (exact) mass is 318 g/mol. The number of nitrogens with one attached hydrogen (secondary N) is 1. The summed E-state index contributed by atoms with van der Waals surface area (Å²) in [5.74, 6) is 1.57. The highest BCUT2D eigenvalue weighted by atomic mass is 32.2. The Morgan fingerprint density at radius 1 is 1.18 bits per heavy atom. The zero-order chi connectivity index (χ0) is 15.8. The maximum absolute atomic E-state index is 12.4. The summed E-state index contributed by atoms with van der Waals surface area (Å²) in [7, 11) is 0. The molecular weight excluding hydrogens is 292 g/mol. The number of amides is 1. The minimum Gasteiger partial charge on any atom is -0.295 e. The molecule has 3 rings (SSSR count). The molecule has 2 fully saturated rings. The molecule has 0 radical (unpaired) electrons. The van der Waals surface area contributed by atoms with Crippen LogP contribution in [0.25, 0.3) is 0 Å². The summed E-state index contributed by atoms with van der Waals surface area (Å²) in [6, 6.07) is 10.0. The van der Waals surface area contributed by atoms with Crippen molar-refractivity contribution in [2.45, 2.75) is 51.3 Å². The van der Waals surface area contributed by atoms with Crippen LogP contribution in [0.15, 0.2) is 30.3 Å². The first-order chi connectivity index (χ1) is 10.4. The smallest absolute Gasteiger partial charge is 0.252 e. The highest BCUT2D eigenvalue weighted by Crippen LogP contribution is 2.51. The Morgan fingerprint density at radius 3 is 2.41 bits per heavy atom. The van der Waals surface area contributed by atoms with E-state index in [0.29, 0.717) is 11.2 Å². The maximum atomic E-state index is 12.4. The van der Waals surface area contributed by atoms with Gasteiger partial charge >= 0.3 is 0 Å². The van der Waals surface area contributed by atoms with Crippen LogP contribution in [0.4, 0.5) is 5.69 Å². The molecule has 1 spiro atoms.